The SMILES string of the molecule is Cc1ccc(Oc2ccccc2NC(=O)CN2C(=O)N[C@@](C)(c3ccco3)C2=O)cc1. The minimum absolute atomic E-state index is 0.297. The van der Waals surface area contributed by atoms with E-state index >= 15 is 0 Å². The second-order valence-electron chi connectivity index (χ2n) is 7.38. The molecule has 1 atom stereocenters. The van der Waals surface area contributed by atoms with Crippen LogP contribution in [0.1, 0.15) is 18.2 Å². The number of carbonyl (C=O) groups is 3. The zero-order chi connectivity index (χ0) is 22.0. The summed E-state index contributed by atoms with van der Waals surface area (Å²) in [6, 6.07) is 17.0. The molecule has 4 rings (SSSR count). The first-order valence-corrected chi connectivity index (χ1v) is 9.68. The number of furan rings is 1. The fourth-order valence-corrected chi connectivity index (χ4v) is 3.30. The van der Waals surface area contributed by atoms with Gasteiger partial charge in [-0.05, 0) is 50.2 Å². The largest absolute Gasteiger partial charge is 0.466 e. The molecule has 0 saturated carbocycles. The van der Waals surface area contributed by atoms with Crippen LogP contribution in [0.15, 0.2) is 71.3 Å². The molecule has 3 aromatic rings. The number of urea groups is 1. The molecule has 2 heterocycles. The summed E-state index contributed by atoms with van der Waals surface area (Å²) in [7, 11) is 0. The van der Waals surface area contributed by atoms with Crippen LogP contribution in [-0.2, 0) is 15.1 Å². The van der Waals surface area contributed by atoms with E-state index in [1.165, 1.54) is 13.2 Å². The van der Waals surface area contributed by atoms with Crippen LogP contribution in [0.4, 0.5) is 10.5 Å². The van der Waals surface area contributed by atoms with E-state index in [-0.39, 0.29) is 0 Å². The Hall–Kier alpha value is -4.07. The third-order valence-corrected chi connectivity index (χ3v) is 5.00. The maximum absolute atomic E-state index is 12.8. The maximum Gasteiger partial charge on any atom is 0.325 e. The van der Waals surface area contributed by atoms with Crippen LogP contribution in [0, 0.1) is 6.92 Å². The molecule has 8 heteroatoms. The average molecular weight is 419 g/mol. The van der Waals surface area contributed by atoms with Crippen molar-refractivity contribution >= 4 is 23.5 Å². The van der Waals surface area contributed by atoms with Crippen LogP contribution in [0.5, 0.6) is 11.5 Å². The van der Waals surface area contributed by atoms with Crippen molar-refractivity contribution in [1.29, 1.82) is 0 Å². The Bertz CT molecular complexity index is 1120. The molecular formula is C23H21N3O5. The molecule has 1 fully saturated rings. The molecule has 1 aliphatic heterocycles. The lowest BCUT2D eigenvalue weighted by Gasteiger charge is -2.19. The van der Waals surface area contributed by atoms with Gasteiger partial charge in [-0.2, -0.15) is 0 Å². The number of para-hydroxylation sites is 2. The Morgan fingerprint density at radius 1 is 1.10 bits per heavy atom. The highest BCUT2D eigenvalue weighted by molar-refractivity contribution is 6.10. The molecule has 31 heavy (non-hydrogen) atoms. The molecule has 2 N–H and O–H groups in total. The van der Waals surface area contributed by atoms with Gasteiger partial charge < -0.3 is 19.8 Å². The normalized spacial score (nSPS) is 18.1. The second kappa shape index (κ2) is 7.98. The molecule has 2 aromatic carbocycles. The number of nitrogens with zero attached hydrogens (tertiary/aromatic N) is 1. The molecule has 0 spiro atoms. The van der Waals surface area contributed by atoms with Crippen molar-refractivity contribution in [3.05, 3.63) is 78.3 Å². The number of nitrogens with one attached hydrogen (secondary N) is 2. The van der Waals surface area contributed by atoms with Gasteiger partial charge in [-0.25, -0.2) is 4.79 Å². The Morgan fingerprint density at radius 2 is 1.84 bits per heavy atom. The molecule has 8 nitrogen and oxygen atoms in total. The van der Waals surface area contributed by atoms with Crippen molar-refractivity contribution in [2.24, 2.45) is 0 Å². The molecule has 0 unspecified atom stereocenters. The summed E-state index contributed by atoms with van der Waals surface area (Å²) in [6.07, 6.45) is 1.42. The third kappa shape index (κ3) is 4.00. The van der Waals surface area contributed by atoms with E-state index in [0.29, 0.717) is 22.9 Å². The molecule has 4 amide bonds. The Kier molecular flexibility index (Phi) is 5.21. The molecule has 1 saturated heterocycles. The topological polar surface area (TPSA) is 101 Å². The highest BCUT2D eigenvalue weighted by Crippen LogP contribution is 2.31. The Morgan fingerprint density at radius 3 is 2.55 bits per heavy atom. The Labute approximate surface area is 178 Å². The van der Waals surface area contributed by atoms with Gasteiger partial charge in [0.1, 0.15) is 18.1 Å². The quantitative estimate of drug-likeness (QED) is 0.592. The highest BCUT2D eigenvalue weighted by Gasteiger charge is 2.51. The number of aryl methyl sites for hydroxylation is 1. The highest BCUT2D eigenvalue weighted by atomic mass is 16.5. The first-order chi connectivity index (χ1) is 14.9. The van der Waals surface area contributed by atoms with E-state index in [4.69, 9.17) is 9.15 Å². The van der Waals surface area contributed by atoms with E-state index in [2.05, 4.69) is 10.6 Å². The zero-order valence-electron chi connectivity index (χ0n) is 17.0. The van der Waals surface area contributed by atoms with Crippen molar-refractivity contribution in [2.45, 2.75) is 19.4 Å². The molecule has 0 bridgehead atoms. The van der Waals surface area contributed by atoms with Gasteiger partial charge in [0.05, 0.1) is 12.0 Å². The fourth-order valence-electron chi connectivity index (χ4n) is 3.30. The van der Waals surface area contributed by atoms with E-state index in [0.717, 1.165) is 10.5 Å². The first-order valence-electron chi connectivity index (χ1n) is 9.68. The summed E-state index contributed by atoms with van der Waals surface area (Å²) >= 11 is 0. The monoisotopic (exact) mass is 419 g/mol. The van der Waals surface area contributed by atoms with Crippen molar-refractivity contribution < 1.29 is 23.5 Å². The van der Waals surface area contributed by atoms with Gasteiger partial charge in [0, 0.05) is 0 Å². The van der Waals surface area contributed by atoms with Gasteiger partial charge in [-0.3, -0.25) is 14.5 Å². The van der Waals surface area contributed by atoms with Crippen LogP contribution in [-0.4, -0.2) is 29.3 Å². The van der Waals surface area contributed by atoms with Crippen molar-refractivity contribution in [2.75, 3.05) is 11.9 Å². The standard InChI is InChI=1S/C23H21N3O5/c1-15-9-11-16(12-10-15)31-18-7-4-3-6-17(18)24-20(27)14-26-21(28)23(2,25-22(26)29)19-8-5-13-30-19/h3-13H,14H2,1-2H3,(H,24,27)(H,25,29)/t23-/m0/s1. The lowest BCUT2D eigenvalue weighted by molar-refractivity contribution is -0.134. The third-order valence-electron chi connectivity index (χ3n) is 5.00. The second-order valence-corrected chi connectivity index (χ2v) is 7.38. The number of amides is 4. The number of ether oxygens (including phenoxy) is 1. The molecule has 0 radical (unpaired) electrons. The van der Waals surface area contributed by atoms with Crippen LogP contribution in [0.25, 0.3) is 0 Å². The van der Waals surface area contributed by atoms with Gasteiger partial charge in [-0.1, -0.05) is 29.8 Å². The van der Waals surface area contributed by atoms with Gasteiger partial charge in [0.2, 0.25) is 5.91 Å². The molecular weight excluding hydrogens is 398 g/mol. The summed E-state index contributed by atoms with van der Waals surface area (Å²) in [5, 5.41) is 5.30. The number of carbonyl (C=O) groups excluding carboxylic acids is 3. The smallest absolute Gasteiger partial charge is 0.325 e. The minimum Gasteiger partial charge on any atom is -0.466 e. The molecule has 1 aliphatic rings. The van der Waals surface area contributed by atoms with Crippen LogP contribution in [0.3, 0.4) is 0 Å². The average Bonchev–Trinajstić information content (AvgIpc) is 3.36. The van der Waals surface area contributed by atoms with Gasteiger partial charge >= 0.3 is 6.03 Å². The predicted molar refractivity (Wildman–Crippen MR) is 113 cm³/mol. The number of hydrogen-bond donors (Lipinski definition) is 2. The van der Waals surface area contributed by atoms with E-state index < -0.39 is 29.9 Å². The number of benzene rings is 2. The zero-order valence-corrected chi connectivity index (χ0v) is 17.0. The molecule has 0 aliphatic carbocycles. The predicted octanol–water partition coefficient (Wildman–Crippen LogP) is 3.79. The van der Waals surface area contributed by atoms with Crippen molar-refractivity contribution in [1.82, 2.24) is 10.2 Å². The number of rotatable bonds is 6. The summed E-state index contributed by atoms with van der Waals surface area (Å²) in [6.45, 7) is 3.07. The summed E-state index contributed by atoms with van der Waals surface area (Å²) in [4.78, 5) is 38.7. The number of imide groups is 1. The van der Waals surface area contributed by atoms with Gasteiger partial charge in [0.15, 0.2) is 11.3 Å². The number of hydrogen-bond acceptors (Lipinski definition) is 5. The van der Waals surface area contributed by atoms with Crippen molar-refractivity contribution in [3.63, 3.8) is 0 Å². The van der Waals surface area contributed by atoms with Crippen LogP contribution < -0.4 is 15.4 Å². The summed E-state index contributed by atoms with van der Waals surface area (Å²) < 4.78 is 11.2. The molecule has 1 aromatic heterocycles. The van der Waals surface area contributed by atoms with Gasteiger partial charge in [-0.15, -0.1) is 0 Å². The van der Waals surface area contributed by atoms with Crippen LogP contribution >= 0.6 is 0 Å². The molecule has 158 valence electrons. The summed E-state index contributed by atoms with van der Waals surface area (Å²) in [5.41, 5.74) is 0.172. The minimum atomic E-state index is -1.35. The van der Waals surface area contributed by atoms with Crippen LogP contribution in [0.2, 0.25) is 0 Å². The first kappa shape index (κ1) is 20.2. The fraction of sp³-hybridized carbons (Fsp3) is 0.174. The van der Waals surface area contributed by atoms with Crippen molar-refractivity contribution in [3.8, 4) is 11.5 Å². The van der Waals surface area contributed by atoms with E-state index in [1.807, 2.05) is 31.2 Å². The Balaban J connectivity index is 1.46. The van der Waals surface area contributed by atoms with Gasteiger partial charge in [0.25, 0.3) is 5.91 Å². The van der Waals surface area contributed by atoms with E-state index in [9.17, 15) is 14.4 Å². The summed E-state index contributed by atoms with van der Waals surface area (Å²) in [5.74, 6) is 0.262. The lowest BCUT2D eigenvalue weighted by atomic mass is 9.99. The lowest BCUT2D eigenvalue weighted by Crippen LogP contribution is -2.41. The maximum atomic E-state index is 12.8. The number of anilines is 1. The van der Waals surface area contributed by atoms with E-state index in [1.54, 1.807) is 36.4 Å².